The van der Waals surface area contributed by atoms with Crippen LogP contribution in [0.2, 0.25) is 0 Å². The zero-order valence-electron chi connectivity index (χ0n) is 13.4. The summed E-state index contributed by atoms with van der Waals surface area (Å²) < 4.78 is 5.86. The lowest BCUT2D eigenvalue weighted by atomic mass is 10.0. The van der Waals surface area contributed by atoms with Gasteiger partial charge < -0.3 is 9.64 Å². The number of hydrogen-bond acceptors (Lipinski definition) is 2. The summed E-state index contributed by atoms with van der Waals surface area (Å²) in [6.45, 7) is 1.80. The summed E-state index contributed by atoms with van der Waals surface area (Å²) >= 11 is 0. The molecule has 1 fully saturated rings. The van der Waals surface area contributed by atoms with Crippen LogP contribution in [0.15, 0.2) is 72.8 Å². The molecule has 1 heterocycles. The van der Waals surface area contributed by atoms with Gasteiger partial charge in [-0.3, -0.25) is 4.79 Å². The predicted octanol–water partition coefficient (Wildman–Crippen LogP) is 4.05. The Morgan fingerprint density at radius 2 is 1.67 bits per heavy atom. The van der Waals surface area contributed by atoms with Crippen LogP contribution >= 0.6 is 0 Å². The number of ether oxygens (including phenoxy) is 1. The average Bonchev–Trinajstić information content (AvgIpc) is 2.68. The molecular formula is C21H19NO2. The van der Waals surface area contributed by atoms with E-state index in [-0.39, 0.29) is 12.0 Å². The summed E-state index contributed by atoms with van der Waals surface area (Å²) in [5, 5.41) is 2.24. The number of amides is 1. The number of fused-ring (bicyclic) bond motifs is 1. The third-order valence-corrected chi connectivity index (χ3v) is 4.52. The van der Waals surface area contributed by atoms with Gasteiger partial charge in [-0.15, -0.1) is 0 Å². The Balaban J connectivity index is 1.56. The molecular weight excluding hydrogens is 298 g/mol. The molecule has 3 aromatic rings. The van der Waals surface area contributed by atoms with Gasteiger partial charge in [0.15, 0.2) is 0 Å². The zero-order chi connectivity index (χ0) is 16.4. The summed E-state index contributed by atoms with van der Waals surface area (Å²) in [6.07, 6.45) is -0.0515. The fourth-order valence-corrected chi connectivity index (χ4v) is 3.21. The van der Waals surface area contributed by atoms with Gasteiger partial charge in [0.1, 0.15) is 6.10 Å². The summed E-state index contributed by atoms with van der Waals surface area (Å²) in [5.41, 5.74) is 1.86. The van der Waals surface area contributed by atoms with E-state index in [1.54, 1.807) is 0 Å². The predicted molar refractivity (Wildman–Crippen MR) is 95.0 cm³/mol. The molecule has 0 aliphatic carbocycles. The molecule has 1 aliphatic heterocycles. The average molecular weight is 317 g/mol. The Kier molecular flexibility index (Phi) is 4.01. The summed E-state index contributed by atoms with van der Waals surface area (Å²) in [5.74, 6) is 0.0741. The molecule has 0 radical (unpaired) electrons. The number of rotatable bonds is 2. The molecule has 1 atom stereocenters. The molecule has 0 spiro atoms. The molecule has 4 rings (SSSR count). The van der Waals surface area contributed by atoms with Gasteiger partial charge in [0, 0.05) is 12.1 Å². The van der Waals surface area contributed by atoms with Gasteiger partial charge in [-0.25, -0.2) is 0 Å². The van der Waals surface area contributed by atoms with Crippen LogP contribution in [0.25, 0.3) is 10.8 Å². The Morgan fingerprint density at radius 3 is 2.50 bits per heavy atom. The van der Waals surface area contributed by atoms with Gasteiger partial charge in [0.25, 0.3) is 5.91 Å². The minimum atomic E-state index is -0.0515. The van der Waals surface area contributed by atoms with Gasteiger partial charge >= 0.3 is 0 Å². The molecule has 3 nitrogen and oxygen atoms in total. The van der Waals surface area contributed by atoms with E-state index >= 15 is 0 Å². The van der Waals surface area contributed by atoms with Crippen LogP contribution in [0.4, 0.5) is 0 Å². The number of carbonyl (C=O) groups excluding carboxylic acids is 1. The van der Waals surface area contributed by atoms with Crippen LogP contribution in [-0.4, -0.2) is 30.5 Å². The molecule has 3 heteroatoms. The molecule has 3 aromatic carbocycles. The smallest absolute Gasteiger partial charge is 0.254 e. The van der Waals surface area contributed by atoms with Crippen LogP contribution in [-0.2, 0) is 4.74 Å². The number of morpholine rings is 1. The SMILES string of the molecule is O=C(c1ccc2ccccc2c1)N1CCOC(c2ccccc2)C1. The maximum absolute atomic E-state index is 12.9. The molecule has 1 aliphatic rings. The van der Waals surface area contributed by atoms with Crippen molar-refractivity contribution in [2.24, 2.45) is 0 Å². The largest absolute Gasteiger partial charge is 0.370 e. The molecule has 1 saturated heterocycles. The first kappa shape index (κ1) is 14.9. The van der Waals surface area contributed by atoms with E-state index in [4.69, 9.17) is 4.74 Å². The van der Waals surface area contributed by atoms with Crippen molar-refractivity contribution in [1.82, 2.24) is 4.90 Å². The highest BCUT2D eigenvalue weighted by atomic mass is 16.5. The van der Waals surface area contributed by atoms with Gasteiger partial charge in [0.05, 0.1) is 13.2 Å². The fourth-order valence-electron chi connectivity index (χ4n) is 3.21. The van der Waals surface area contributed by atoms with E-state index in [2.05, 4.69) is 18.2 Å². The van der Waals surface area contributed by atoms with Gasteiger partial charge in [0.2, 0.25) is 0 Å². The molecule has 0 saturated carbocycles. The molecule has 0 bridgehead atoms. The van der Waals surface area contributed by atoms with E-state index in [0.717, 1.165) is 21.9 Å². The van der Waals surface area contributed by atoms with Crippen molar-refractivity contribution in [1.29, 1.82) is 0 Å². The van der Waals surface area contributed by atoms with E-state index in [0.29, 0.717) is 19.7 Å². The van der Waals surface area contributed by atoms with E-state index < -0.39 is 0 Å². The third-order valence-electron chi connectivity index (χ3n) is 4.52. The van der Waals surface area contributed by atoms with E-state index in [1.165, 1.54) is 0 Å². The van der Waals surface area contributed by atoms with Crippen molar-refractivity contribution >= 4 is 16.7 Å². The highest BCUT2D eigenvalue weighted by molar-refractivity contribution is 5.98. The Morgan fingerprint density at radius 1 is 0.917 bits per heavy atom. The molecule has 0 aromatic heterocycles. The normalized spacial score (nSPS) is 17.8. The minimum absolute atomic E-state index is 0.0515. The molecule has 120 valence electrons. The first-order valence-electron chi connectivity index (χ1n) is 8.26. The minimum Gasteiger partial charge on any atom is -0.370 e. The lowest BCUT2D eigenvalue weighted by Gasteiger charge is -2.33. The first-order chi connectivity index (χ1) is 11.8. The third kappa shape index (κ3) is 2.91. The van der Waals surface area contributed by atoms with Crippen LogP contribution in [0.1, 0.15) is 22.0 Å². The summed E-state index contributed by atoms with van der Waals surface area (Å²) in [4.78, 5) is 14.8. The van der Waals surface area contributed by atoms with Gasteiger partial charge in [-0.2, -0.15) is 0 Å². The van der Waals surface area contributed by atoms with E-state index in [9.17, 15) is 4.79 Å². The summed E-state index contributed by atoms with van der Waals surface area (Å²) in [7, 11) is 0. The van der Waals surface area contributed by atoms with Crippen molar-refractivity contribution < 1.29 is 9.53 Å². The van der Waals surface area contributed by atoms with Crippen LogP contribution in [0, 0.1) is 0 Å². The number of hydrogen-bond donors (Lipinski definition) is 0. The van der Waals surface area contributed by atoms with Crippen molar-refractivity contribution in [3.05, 3.63) is 83.9 Å². The highest BCUT2D eigenvalue weighted by Crippen LogP contribution is 2.24. The van der Waals surface area contributed by atoms with Crippen LogP contribution in [0.3, 0.4) is 0 Å². The topological polar surface area (TPSA) is 29.5 Å². The number of benzene rings is 3. The van der Waals surface area contributed by atoms with Crippen molar-refractivity contribution in [3.63, 3.8) is 0 Å². The second-order valence-electron chi connectivity index (χ2n) is 6.08. The van der Waals surface area contributed by atoms with Crippen LogP contribution < -0.4 is 0 Å². The van der Waals surface area contributed by atoms with Crippen LogP contribution in [0.5, 0.6) is 0 Å². The Bertz CT molecular complexity index is 860. The van der Waals surface area contributed by atoms with E-state index in [1.807, 2.05) is 59.5 Å². The van der Waals surface area contributed by atoms with Crippen molar-refractivity contribution in [2.75, 3.05) is 19.7 Å². The monoisotopic (exact) mass is 317 g/mol. The second kappa shape index (κ2) is 6.46. The van der Waals surface area contributed by atoms with Crippen molar-refractivity contribution in [3.8, 4) is 0 Å². The zero-order valence-corrected chi connectivity index (χ0v) is 13.4. The first-order valence-corrected chi connectivity index (χ1v) is 8.26. The quantitative estimate of drug-likeness (QED) is 0.713. The molecule has 0 N–H and O–H groups in total. The Labute approximate surface area is 141 Å². The fraction of sp³-hybridized carbons (Fsp3) is 0.190. The Hall–Kier alpha value is -2.65. The molecule has 1 unspecified atom stereocenters. The van der Waals surface area contributed by atoms with Gasteiger partial charge in [-0.05, 0) is 28.5 Å². The maximum Gasteiger partial charge on any atom is 0.254 e. The number of nitrogens with zero attached hydrogens (tertiary/aromatic N) is 1. The molecule has 24 heavy (non-hydrogen) atoms. The maximum atomic E-state index is 12.9. The lowest BCUT2D eigenvalue weighted by molar-refractivity contribution is -0.0228. The lowest BCUT2D eigenvalue weighted by Crippen LogP contribution is -2.42. The summed E-state index contributed by atoms with van der Waals surface area (Å²) in [6, 6.07) is 24.1. The second-order valence-corrected chi connectivity index (χ2v) is 6.08. The standard InChI is InChI=1S/C21H19NO2/c23-21(19-11-10-16-6-4-5-9-18(16)14-19)22-12-13-24-20(15-22)17-7-2-1-3-8-17/h1-11,14,20H,12-13,15H2. The molecule has 1 amide bonds. The highest BCUT2D eigenvalue weighted by Gasteiger charge is 2.26. The van der Waals surface area contributed by atoms with Gasteiger partial charge in [-0.1, -0.05) is 60.7 Å². The number of carbonyl (C=O) groups is 1. The van der Waals surface area contributed by atoms with Crippen molar-refractivity contribution in [2.45, 2.75) is 6.10 Å².